The molecule has 3 saturated heterocycles. The van der Waals surface area contributed by atoms with Gasteiger partial charge in [-0.05, 0) is 12.5 Å². The minimum Gasteiger partial charge on any atom is -0.459 e. The highest BCUT2D eigenvalue weighted by Crippen LogP contribution is 2.46. The summed E-state index contributed by atoms with van der Waals surface area (Å²) in [5.41, 5.74) is 4.59. The van der Waals surface area contributed by atoms with Crippen molar-refractivity contribution < 1.29 is 28.3 Å². The number of quaternary nitrogens is 1. The SMILES string of the molecule is CC(OCOC(=O)CN)(C(=O)OC1CC2CCC(C1)[N+]21CCCC1)c1ccccc1. The lowest BCUT2D eigenvalue weighted by Crippen LogP contribution is -2.60. The first kappa shape index (κ1) is 21.3. The number of hydrogen-bond acceptors (Lipinski definition) is 6. The van der Waals surface area contributed by atoms with E-state index in [-0.39, 0.29) is 19.4 Å². The van der Waals surface area contributed by atoms with Crippen LogP contribution < -0.4 is 5.73 Å². The van der Waals surface area contributed by atoms with Crippen molar-refractivity contribution in [2.75, 3.05) is 26.4 Å². The number of piperidine rings is 1. The summed E-state index contributed by atoms with van der Waals surface area (Å²) in [6, 6.07) is 10.4. The average molecular weight is 418 g/mol. The number of nitrogens with two attached hydrogens (primary N) is 1. The summed E-state index contributed by atoms with van der Waals surface area (Å²) in [5, 5.41) is 0. The molecule has 3 unspecified atom stereocenters. The molecule has 30 heavy (non-hydrogen) atoms. The van der Waals surface area contributed by atoms with E-state index in [1.54, 1.807) is 6.92 Å². The first-order valence-corrected chi connectivity index (χ1v) is 11.1. The third-order valence-electron chi connectivity index (χ3n) is 7.48. The van der Waals surface area contributed by atoms with Crippen molar-refractivity contribution in [2.24, 2.45) is 5.73 Å². The zero-order valence-electron chi connectivity index (χ0n) is 17.8. The first-order valence-electron chi connectivity index (χ1n) is 11.1. The molecule has 0 radical (unpaired) electrons. The Bertz CT molecular complexity index is 748. The van der Waals surface area contributed by atoms with E-state index >= 15 is 0 Å². The van der Waals surface area contributed by atoms with Gasteiger partial charge in [0, 0.05) is 38.5 Å². The molecule has 1 aromatic carbocycles. The van der Waals surface area contributed by atoms with Crippen LogP contribution in [0.5, 0.6) is 0 Å². The van der Waals surface area contributed by atoms with Crippen molar-refractivity contribution in [2.45, 2.75) is 69.2 Å². The summed E-state index contributed by atoms with van der Waals surface area (Å²) in [4.78, 5) is 24.7. The Labute approximate surface area is 178 Å². The highest BCUT2D eigenvalue weighted by Gasteiger charge is 2.56. The molecule has 2 N–H and O–H groups in total. The van der Waals surface area contributed by atoms with Crippen LogP contribution in [0.4, 0.5) is 0 Å². The van der Waals surface area contributed by atoms with Crippen LogP contribution in [0.1, 0.15) is 51.0 Å². The average Bonchev–Trinajstić information content (AvgIpc) is 3.30. The van der Waals surface area contributed by atoms with E-state index in [4.69, 9.17) is 19.9 Å². The number of nitrogens with zero attached hydrogens (tertiary/aromatic N) is 1. The van der Waals surface area contributed by atoms with Crippen LogP contribution in [0, 0.1) is 0 Å². The van der Waals surface area contributed by atoms with Crippen LogP contribution in [0.2, 0.25) is 0 Å². The van der Waals surface area contributed by atoms with Crippen LogP contribution in [-0.4, -0.2) is 61.0 Å². The number of ether oxygens (including phenoxy) is 3. The summed E-state index contributed by atoms with van der Waals surface area (Å²) in [5.74, 6) is -1.01. The van der Waals surface area contributed by atoms with Gasteiger partial charge in [0.1, 0.15) is 6.10 Å². The van der Waals surface area contributed by atoms with Gasteiger partial charge in [-0.15, -0.1) is 0 Å². The van der Waals surface area contributed by atoms with Gasteiger partial charge in [-0.1, -0.05) is 30.3 Å². The quantitative estimate of drug-likeness (QED) is 0.416. The van der Waals surface area contributed by atoms with Crippen molar-refractivity contribution in [3.63, 3.8) is 0 Å². The van der Waals surface area contributed by atoms with Gasteiger partial charge >= 0.3 is 11.9 Å². The van der Waals surface area contributed by atoms with Gasteiger partial charge < -0.3 is 24.4 Å². The third-order valence-corrected chi connectivity index (χ3v) is 7.48. The zero-order chi connectivity index (χ0) is 21.2. The van der Waals surface area contributed by atoms with Gasteiger partial charge in [-0.2, -0.15) is 0 Å². The minimum absolute atomic E-state index is 0.0856. The zero-order valence-corrected chi connectivity index (χ0v) is 17.8. The van der Waals surface area contributed by atoms with Gasteiger partial charge in [-0.3, -0.25) is 4.79 Å². The van der Waals surface area contributed by atoms with Crippen LogP contribution in [-0.2, 0) is 29.4 Å². The van der Waals surface area contributed by atoms with Gasteiger partial charge in [-0.25, -0.2) is 4.79 Å². The highest BCUT2D eigenvalue weighted by molar-refractivity contribution is 5.81. The molecule has 2 bridgehead atoms. The Kier molecular flexibility index (Phi) is 6.14. The lowest BCUT2D eigenvalue weighted by molar-refractivity contribution is -0.956. The van der Waals surface area contributed by atoms with Gasteiger partial charge in [0.05, 0.1) is 31.7 Å². The van der Waals surface area contributed by atoms with E-state index in [0.29, 0.717) is 17.6 Å². The van der Waals surface area contributed by atoms with Crippen LogP contribution in [0.15, 0.2) is 30.3 Å². The molecule has 7 nitrogen and oxygen atoms in total. The Balaban J connectivity index is 1.45. The lowest BCUT2D eigenvalue weighted by atomic mass is 9.94. The maximum absolute atomic E-state index is 13.3. The predicted octanol–water partition coefficient (Wildman–Crippen LogP) is 2.23. The van der Waals surface area contributed by atoms with Crippen molar-refractivity contribution in [1.29, 1.82) is 0 Å². The molecule has 4 rings (SSSR count). The summed E-state index contributed by atoms with van der Waals surface area (Å²) in [7, 11) is 0. The molecular weight excluding hydrogens is 384 g/mol. The highest BCUT2D eigenvalue weighted by atomic mass is 16.7. The second-order valence-electron chi connectivity index (χ2n) is 9.02. The number of carbonyl (C=O) groups is 2. The van der Waals surface area contributed by atoms with E-state index in [1.165, 1.54) is 43.3 Å². The monoisotopic (exact) mass is 417 g/mol. The molecule has 1 spiro atoms. The Morgan fingerprint density at radius 3 is 2.33 bits per heavy atom. The fraction of sp³-hybridized carbons (Fsp3) is 0.652. The number of rotatable bonds is 7. The number of benzene rings is 1. The van der Waals surface area contributed by atoms with E-state index < -0.39 is 17.5 Å². The molecule has 0 saturated carbocycles. The second kappa shape index (κ2) is 8.65. The summed E-state index contributed by atoms with van der Waals surface area (Å²) in [6.45, 7) is 3.65. The van der Waals surface area contributed by atoms with Gasteiger partial charge in [0.2, 0.25) is 0 Å². The van der Waals surface area contributed by atoms with Crippen molar-refractivity contribution in [3.8, 4) is 0 Å². The van der Waals surface area contributed by atoms with E-state index in [2.05, 4.69) is 0 Å². The van der Waals surface area contributed by atoms with Crippen LogP contribution in [0.3, 0.4) is 0 Å². The predicted molar refractivity (Wildman–Crippen MR) is 110 cm³/mol. The van der Waals surface area contributed by atoms with Crippen molar-refractivity contribution in [3.05, 3.63) is 35.9 Å². The summed E-state index contributed by atoms with van der Waals surface area (Å²) in [6.07, 6.45) is 6.88. The number of esters is 2. The molecule has 3 atom stereocenters. The summed E-state index contributed by atoms with van der Waals surface area (Å²) < 4.78 is 18.0. The minimum atomic E-state index is -1.35. The molecule has 0 aromatic heterocycles. The smallest absolute Gasteiger partial charge is 0.343 e. The number of hydrogen-bond donors (Lipinski definition) is 1. The Hall–Kier alpha value is -1.96. The molecule has 3 heterocycles. The molecule has 164 valence electrons. The molecular formula is C23H33N2O5+. The van der Waals surface area contributed by atoms with Gasteiger partial charge in [0.25, 0.3) is 0 Å². The molecule has 3 aliphatic heterocycles. The Morgan fingerprint density at radius 1 is 1.10 bits per heavy atom. The molecule has 3 fully saturated rings. The second-order valence-corrected chi connectivity index (χ2v) is 9.02. The standard InChI is InChI=1S/C23H33N2O5/c1-23(17-7-3-2-4-8-17,29-16-28-21(26)15-24)22(27)30-20-13-18-9-10-19(14-20)25(18)11-5-6-12-25/h2-4,7-8,18-20H,5-6,9-16,24H2,1H3/q+1. The van der Waals surface area contributed by atoms with E-state index in [9.17, 15) is 9.59 Å². The Morgan fingerprint density at radius 2 is 1.73 bits per heavy atom. The fourth-order valence-corrected chi connectivity index (χ4v) is 5.86. The molecule has 0 amide bonds. The molecule has 7 heteroatoms. The normalized spacial score (nSPS) is 28.8. The number of carbonyl (C=O) groups excluding carboxylic acids is 2. The lowest BCUT2D eigenvalue weighted by Gasteiger charge is -2.47. The fourth-order valence-electron chi connectivity index (χ4n) is 5.86. The van der Waals surface area contributed by atoms with E-state index in [0.717, 1.165) is 12.8 Å². The van der Waals surface area contributed by atoms with Crippen LogP contribution >= 0.6 is 0 Å². The van der Waals surface area contributed by atoms with Gasteiger partial charge in [0.15, 0.2) is 12.4 Å². The first-order chi connectivity index (χ1) is 14.5. The maximum atomic E-state index is 13.3. The van der Waals surface area contributed by atoms with Crippen molar-refractivity contribution >= 4 is 11.9 Å². The topological polar surface area (TPSA) is 87.9 Å². The summed E-state index contributed by atoms with van der Waals surface area (Å²) >= 11 is 0. The molecule has 1 aromatic rings. The molecule has 0 aliphatic carbocycles. The largest absolute Gasteiger partial charge is 0.459 e. The van der Waals surface area contributed by atoms with Crippen molar-refractivity contribution in [1.82, 2.24) is 0 Å². The van der Waals surface area contributed by atoms with Crippen LogP contribution in [0.25, 0.3) is 0 Å². The van der Waals surface area contributed by atoms with E-state index in [1.807, 2.05) is 30.3 Å². The third kappa shape index (κ3) is 3.86. The maximum Gasteiger partial charge on any atom is 0.343 e. The molecule has 3 aliphatic rings.